The van der Waals surface area contributed by atoms with Gasteiger partial charge < -0.3 is 25.5 Å². The lowest BCUT2D eigenvalue weighted by Crippen LogP contribution is -2.57. The van der Waals surface area contributed by atoms with Gasteiger partial charge in [-0.25, -0.2) is 9.37 Å². The molecule has 1 aromatic carbocycles. The van der Waals surface area contributed by atoms with Gasteiger partial charge in [-0.05, 0) is 75.1 Å². The second kappa shape index (κ2) is 10.6. The molecule has 4 aliphatic rings. The molecule has 3 heterocycles. The Bertz CT molecular complexity index is 1460. The fraction of sp³-hybridized carbons (Fsp3) is 0.552. The quantitative estimate of drug-likeness (QED) is 0.430. The molecule has 2 aliphatic carbocycles. The highest BCUT2D eigenvalue weighted by molar-refractivity contribution is 6.34. The van der Waals surface area contributed by atoms with Crippen molar-refractivity contribution in [2.75, 3.05) is 27.7 Å². The van der Waals surface area contributed by atoms with Gasteiger partial charge in [0.05, 0.1) is 0 Å². The molecule has 0 spiro atoms. The van der Waals surface area contributed by atoms with Crippen LogP contribution in [0.15, 0.2) is 23.0 Å². The van der Waals surface area contributed by atoms with Crippen molar-refractivity contribution >= 4 is 17.7 Å². The number of rotatable bonds is 7. The number of amides is 3. The Labute approximate surface area is 237 Å². The molecule has 2 saturated carbocycles. The Morgan fingerprint density at radius 2 is 1.80 bits per heavy atom. The molecule has 6 rings (SSSR count). The standard InChI is InChI=1S/C29H37FN6O5/c1-17-13-19(7-8-20(17)30)14-31-23(38)21-22(37)24(39)36-16-28(32-15-18-5-6-18)9-11-29(12-10-28,27(36)33-21)35(4)26(41)25(40)34(2)3/h7-8,13,18,32,37H,5-6,9-12,14-16H2,1-4H3,(H,31,38). The van der Waals surface area contributed by atoms with Crippen LogP contribution in [-0.4, -0.2) is 75.4 Å². The van der Waals surface area contributed by atoms with Crippen molar-refractivity contribution in [3.8, 4) is 5.75 Å². The van der Waals surface area contributed by atoms with E-state index in [2.05, 4.69) is 15.6 Å². The first-order valence-electron chi connectivity index (χ1n) is 14.0. The van der Waals surface area contributed by atoms with Gasteiger partial charge in [-0.1, -0.05) is 12.1 Å². The number of aryl methyl sites for hydroxylation is 1. The van der Waals surface area contributed by atoms with Crippen molar-refractivity contribution in [1.82, 2.24) is 30.0 Å². The number of aromatic hydroxyl groups is 1. The Morgan fingerprint density at radius 3 is 2.41 bits per heavy atom. The van der Waals surface area contributed by atoms with Crippen molar-refractivity contribution in [2.24, 2.45) is 5.92 Å². The summed E-state index contributed by atoms with van der Waals surface area (Å²) in [6.45, 7) is 2.67. The third-order valence-electron chi connectivity index (χ3n) is 8.95. The first-order valence-corrected chi connectivity index (χ1v) is 14.0. The Balaban J connectivity index is 1.54. The van der Waals surface area contributed by atoms with Gasteiger partial charge in [-0.3, -0.25) is 23.7 Å². The monoisotopic (exact) mass is 568 g/mol. The molecule has 220 valence electrons. The molecule has 3 amide bonds. The van der Waals surface area contributed by atoms with E-state index < -0.39 is 45.8 Å². The van der Waals surface area contributed by atoms with Crippen LogP contribution in [0.4, 0.5) is 4.39 Å². The summed E-state index contributed by atoms with van der Waals surface area (Å²) in [4.78, 5) is 60.1. The molecular weight excluding hydrogens is 531 g/mol. The average molecular weight is 569 g/mol. The number of fused-ring (bicyclic) bond motifs is 2. The molecule has 2 fully saturated rings. The summed E-state index contributed by atoms with van der Waals surface area (Å²) in [5.41, 5.74) is -1.76. The number of aromatic nitrogens is 2. The van der Waals surface area contributed by atoms with Crippen LogP contribution < -0.4 is 16.2 Å². The SMILES string of the molecule is Cc1cc(CNC(=O)c2nc3n(c(=O)c2O)CC2(NCC4CC4)CCC3(N(C)C(=O)C(=O)N(C)C)CC2)ccc1F. The maximum atomic E-state index is 13.7. The molecular formula is C29H37FN6O5. The van der Waals surface area contributed by atoms with E-state index in [9.17, 15) is 28.7 Å². The molecule has 3 N–H and O–H groups in total. The number of carbonyl (C=O) groups excluding carboxylic acids is 3. The lowest BCUT2D eigenvalue weighted by molar-refractivity contribution is -0.154. The number of likely N-dealkylation sites (N-methyl/N-ethyl adjacent to an activating group) is 2. The highest BCUT2D eigenvalue weighted by Gasteiger charge is 2.54. The topological polar surface area (TPSA) is 137 Å². The van der Waals surface area contributed by atoms with E-state index in [0.29, 0.717) is 42.7 Å². The maximum Gasteiger partial charge on any atom is 0.312 e. The van der Waals surface area contributed by atoms with Gasteiger partial charge in [0.2, 0.25) is 5.75 Å². The Morgan fingerprint density at radius 1 is 1.12 bits per heavy atom. The molecule has 0 unspecified atom stereocenters. The van der Waals surface area contributed by atoms with Crippen LogP contribution in [0.5, 0.6) is 5.75 Å². The molecule has 2 bridgehead atoms. The van der Waals surface area contributed by atoms with Gasteiger partial charge in [-0.15, -0.1) is 0 Å². The molecule has 12 heteroatoms. The van der Waals surface area contributed by atoms with Crippen molar-refractivity contribution in [3.05, 3.63) is 57.0 Å². The van der Waals surface area contributed by atoms with E-state index in [0.717, 1.165) is 19.4 Å². The van der Waals surface area contributed by atoms with Gasteiger partial charge in [-0.2, -0.15) is 0 Å². The summed E-state index contributed by atoms with van der Waals surface area (Å²) < 4.78 is 15.0. The smallest absolute Gasteiger partial charge is 0.312 e. The zero-order valence-electron chi connectivity index (χ0n) is 23.9. The van der Waals surface area contributed by atoms with Gasteiger partial charge in [0, 0.05) is 39.8 Å². The second-order valence-electron chi connectivity index (χ2n) is 12.0. The fourth-order valence-electron chi connectivity index (χ4n) is 6.04. The Kier molecular flexibility index (Phi) is 7.39. The zero-order chi connectivity index (χ0) is 29.7. The molecule has 2 aromatic rings. The van der Waals surface area contributed by atoms with Gasteiger partial charge in [0.25, 0.3) is 11.5 Å². The first-order chi connectivity index (χ1) is 19.4. The summed E-state index contributed by atoms with van der Waals surface area (Å²) >= 11 is 0. The maximum absolute atomic E-state index is 13.7. The molecule has 0 radical (unpaired) electrons. The molecule has 2 aliphatic heterocycles. The van der Waals surface area contributed by atoms with E-state index in [1.807, 2.05) is 0 Å². The second-order valence-corrected chi connectivity index (χ2v) is 12.0. The molecule has 41 heavy (non-hydrogen) atoms. The third kappa shape index (κ3) is 5.20. The van der Waals surface area contributed by atoms with E-state index in [4.69, 9.17) is 0 Å². The van der Waals surface area contributed by atoms with Crippen LogP contribution >= 0.6 is 0 Å². The first kappa shape index (κ1) is 28.7. The van der Waals surface area contributed by atoms with Crippen LogP contribution in [0.1, 0.15) is 66.0 Å². The number of nitrogens with one attached hydrogen (secondary N) is 2. The molecule has 0 atom stereocenters. The fourth-order valence-corrected chi connectivity index (χ4v) is 6.04. The zero-order valence-corrected chi connectivity index (χ0v) is 23.9. The van der Waals surface area contributed by atoms with Gasteiger partial charge in [0.1, 0.15) is 17.2 Å². The van der Waals surface area contributed by atoms with E-state index in [-0.39, 0.29) is 24.7 Å². The summed E-state index contributed by atoms with van der Waals surface area (Å²) in [7, 11) is 4.51. The minimum atomic E-state index is -1.14. The minimum absolute atomic E-state index is 0.0224. The van der Waals surface area contributed by atoms with E-state index >= 15 is 0 Å². The number of hydrogen-bond donors (Lipinski definition) is 3. The number of benzene rings is 1. The van der Waals surface area contributed by atoms with Crippen LogP contribution in [0.25, 0.3) is 0 Å². The number of halogens is 1. The average Bonchev–Trinajstić information content (AvgIpc) is 3.81. The van der Waals surface area contributed by atoms with Gasteiger partial charge >= 0.3 is 11.8 Å². The minimum Gasteiger partial charge on any atom is -0.501 e. The van der Waals surface area contributed by atoms with Crippen molar-refractivity contribution < 1.29 is 23.9 Å². The number of hydrogen-bond acceptors (Lipinski definition) is 7. The van der Waals surface area contributed by atoms with Crippen molar-refractivity contribution in [3.63, 3.8) is 0 Å². The summed E-state index contributed by atoms with van der Waals surface area (Å²) in [5, 5.41) is 17.2. The highest BCUT2D eigenvalue weighted by Crippen LogP contribution is 2.48. The molecule has 11 nitrogen and oxygen atoms in total. The van der Waals surface area contributed by atoms with Crippen LogP contribution in [0.2, 0.25) is 0 Å². The molecule has 0 saturated heterocycles. The lowest BCUT2D eigenvalue weighted by Gasteiger charge is -2.46. The Hall–Kier alpha value is -3.80. The number of nitrogens with zero attached hydrogens (tertiary/aromatic N) is 4. The highest BCUT2D eigenvalue weighted by atomic mass is 19.1. The predicted molar refractivity (Wildman–Crippen MR) is 148 cm³/mol. The largest absolute Gasteiger partial charge is 0.501 e. The van der Waals surface area contributed by atoms with Crippen LogP contribution in [0, 0.1) is 18.7 Å². The predicted octanol–water partition coefficient (Wildman–Crippen LogP) is 1.39. The summed E-state index contributed by atoms with van der Waals surface area (Å²) in [5.74, 6) is -2.61. The van der Waals surface area contributed by atoms with Crippen LogP contribution in [0.3, 0.4) is 0 Å². The lowest BCUT2D eigenvalue weighted by atomic mass is 9.72. The van der Waals surface area contributed by atoms with Crippen molar-refractivity contribution in [1.29, 1.82) is 0 Å². The summed E-state index contributed by atoms with van der Waals surface area (Å²) in [6, 6.07) is 4.43. The van der Waals surface area contributed by atoms with Gasteiger partial charge in [0.15, 0.2) is 5.69 Å². The van der Waals surface area contributed by atoms with E-state index in [1.165, 1.54) is 47.6 Å². The summed E-state index contributed by atoms with van der Waals surface area (Å²) in [6.07, 6.45) is 4.38. The van der Waals surface area contributed by atoms with Crippen molar-refractivity contribution in [2.45, 2.75) is 69.6 Å². The normalized spacial score (nSPS) is 23.0. The third-order valence-corrected chi connectivity index (χ3v) is 8.95. The molecule has 1 aromatic heterocycles. The van der Waals surface area contributed by atoms with Crippen LogP contribution in [-0.2, 0) is 28.2 Å². The van der Waals surface area contributed by atoms with E-state index in [1.54, 1.807) is 13.0 Å². The number of carbonyl (C=O) groups is 3.